The topological polar surface area (TPSA) is 142 Å². The van der Waals surface area contributed by atoms with Crippen molar-refractivity contribution in [1.82, 2.24) is 15.5 Å². The van der Waals surface area contributed by atoms with Crippen LogP contribution in [0.5, 0.6) is 0 Å². The molecule has 4 amide bonds. The Kier molecular flexibility index (Phi) is 6.42. The van der Waals surface area contributed by atoms with Gasteiger partial charge in [0.1, 0.15) is 5.54 Å². The SMILES string of the molecule is CC(C)(C)N1C(=O)C2C(c3cccc(C(F)(F)F)c3)NC(CCCNC(N)=O)(C(=O)O)C2C1=O. The maximum absolute atomic E-state index is 13.4. The lowest BCUT2D eigenvalue weighted by atomic mass is 9.77. The molecule has 186 valence electrons. The predicted molar refractivity (Wildman–Crippen MR) is 113 cm³/mol. The number of nitrogens with zero attached hydrogens (tertiary/aromatic N) is 1. The molecule has 12 heteroatoms. The Morgan fingerprint density at radius 2 is 1.85 bits per heavy atom. The number of nitrogens with two attached hydrogens (primary N) is 1. The van der Waals surface area contributed by atoms with Crippen LogP contribution in [-0.4, -0.2) is 51.4 Å². The molecule has 2 heterocycles. The molecule has 1 aromatic rings. The second-order valence-corrected chi connectivity index (χ2v) is 9.60. The van der Waals surface area contributed by atoms with Crippen molar-refractivity contribution < 1.29 is 37.5 Å². The molecule has 2 aliphatic heterocycles. The fourth-order valence-electron chi connectivity index (χ4n) is 4.97. The summed E-state index contributed by atoms with van der Waals surface area (Å²) in [6, 6.07) is 2.33. The first kappa shape index (κ1) is 25.5. The first-order valence-electron chi connectivity index (χ1n) is 10.7. The second-order valence-electron chi connectivity index (χ2n) is 9.60. The van der Waals surface area contributed by atoms with Crippen LogP contribution in [0.15, 0.2) is 24.3 Å². The quantitative estimate of drug-likeness (QED) is 0.360. The van der Waals surface area contributed by atoms with Crippen molar-refractivity contribution in [2.24, 2.45) is 17.6 Å². The van der Waals surface area contributed by atoms with Gasteiger partial charge in [-0.2, -0.15) is 13.2 Å². The lowest BCUT2D eigenvalue weighted by Crippen LogP contribution is -2.57. The monoisotopic (exact) mass is 484 g/mol. The van der Waals surface area contributed by atoms with E-state index in [2.05, 4.69) is 10.6 Å². The van der Waals surface area contributed by atoms with E-state index in [4.69, 9.17) is 5.73 Å². The van der Waals surface area contributed by atoms with Gasteiger partial charge in [0.15, 0.2) is 0 Å². The lowest BCUT2D eigenvalue weighted by molar-refractivity contribution is -0.154. The third-order valence-corrected chi connectivity index (χ3v) is 6.33. The summed E-state index contributed by atoms with van der Waals surface area (Å²) in [4.78, 5) is 51.4. The number of aliphatic carboxylic acids is 1. The zero-order valence-corrected chi connectivity index (χ0v) is 18.9. The number of halogens is 3. The van der Waals surface area contributed by atoms with Crippen LogP contribution in [0.3, 0.4) is 0 Å². The fourth-order valence-corrected chi connectivity index (χ4v) is 4.97. The van der Waals surface area contributed by atoms with E-state index in [-0.39, 0.29) is 24.9 Å². The number of carboxylic acids is 1. The number of carbonyl (C=O) groups excluding carboxylic acids is 3. The van der Waals surface area contributed by atoms with Crippen molar-refractivity contribution >= 4 is 23.8 Å². The summed E-state index contributed by atoms with van der Waals surface area (Å²) >= 11 is 0. The standard InChI is InChI=1S/C22H27F3N4O5/c1-20(2,3)29-16(30)13-14(17(29)31)21(18(32)33,8-5-9-27-19(26)34)28-15(13)11-6-4-7-12(10-11)22(23,24)25/h4,6-7,10,13-15,28H,5,8-9H2,1-3H3,(H,32,33)(H3,26,27,34). The highest BCUT2D eigenvalue weighted by molar-refractivity contribution is 6.10. The number of nitrogens with one attached hydrogen (secondary N) is 2. The number of benzene rings is 1. The highest BCUT2D eigenvalue weighted by Gasteiger charge is 2.69. The molecule has 2 aliphatic rings. The van der Waals surface area contributed by atoms with Gasteiger partial charge < -0.3 is 16.2 Å². The Labute approximate surface area is 193 Å². The number of hydrogen-bond acceptors (Lipinski definition) is 5. The van der Waals surface area contributed by atoms with Crippen molar-refractivity contribution in [3.8, 4) is 0 Å². The normalized spacial score (nSPS) is 27.1. The summed E-state index contributed by atoms with van der Waals surface area (Å²) in [6.45, 7) is 4.88. The summed E-state index contributed by atoms with van der Waals surface area (Å²) in [6.07, 6.45) is -4.72. The molecule has 0 bridgehead atoms. The summed E-state index contributed by atoms with van der Waals surface area (Å²) in [5, 5.41) is 15.4. The number of likely N-dealkylation sites (tertiary alicyclic amines) is 1. The van der Waals surface area contributed by atoms with Crippen LogP contribution in [0, 0.1) is 11.8 Å². The van der Waals surface area contributed by atoms with E-state index in [1.807, 2.05) is 0 Å². The fraction of sp³-hybridized carbons (Fsp3) is 0.545. The molecule has 34 heavy (non-hydrogen) atoms. The first-order valence-corrected chi connectivity index (χ1v) is 10.7. The van der Waals surface area contributed by atoms with E-state index in [1.54, 1.807) is 20.8 Å². The van der Waals surface area contributed by atoms with Crippen LogP contribution in [0.2, 0.25) is 0 Å². The number of hydrogen-bond donors (Lipinski definition) is 4. The summed E-state index contributed by atoms with van der Waals surface area (Å²) in [5.74, 6) is -5.31. The van der Waals surface area contributed by atoms with E-state index in [0.29, 0.717) is 0 Å². The van der Waals surface area contributed by atoms with E-state index in [9.17, 15) is 37.5 Å². The molecule has 3 rings (SSSR count). The summed E-state index contributed by atoms with van der Waals surface area (Å²) < 4.78 is 40.0. The minimum atomic E-state index is -4.65. The molecular weight excluding hydrogens is 457 g/mol. The summed E-state index contributed by atoms with van der Waals surface area (Å²) in [5.41, 5.74) is 1.24. The Morgan fingerprint density at radius 3 is 2.38 bits per heavy atom. The van der Waals surface area contributed by atoms with E-state index < -0.39 is 64.5 Å². The first-order chi connectivity index (χ1) is 15.6. The highest BCUT2D eigenvalue weighted by atomic mass is 19.4. The minimum absolute atomic E-state index is 0.0166. The maximum atomic E-state index is 13.4. The van der Waals surface area contributed by atoms with Crippen molar-refractivity contribution in [2.45, 2.75) is 56.9 Å². The molecule has 1 aromatic carbocycles. The molecule has 4 unspecified atom stereocenters. The molecule has 2 fully saturated rings. The number of carbonyl (C=O) groups is 4. The molecule has 0 spiro atoms. The van der Waals surface area contributed by atoms with Gasteiger partial charge in [-0.1, -0.05) is 12.1 Å². The van der Waals surface area contributed by atoms with Crippen LogP contribution in [0.4, 0.5) is 18.0 Å². The van der Waals surface area contributed by atoms with Crippen LogP contribution in [0.25, 0.3) is 0 Å². The van der Waals surface area contributed by atoms with Gasteiger partial charge in [0, 0.05) is 18.1 Å². The van der Waals surface area contributed by atoms with Crippen LogP contribution >= 0.6 is 0 Å². The number of carboxylic acid groups (broad SMARTS) is 1. The average molecular weight is 484 g/mol. The highest BCUT2D eigenvalue weighted by Crippen LogP contribution is 2.52. The van der Waals surface area contributed by atoms with Gasteiger partial charge in [0.25, 0.3) is 0 Å². The third kappa shape index (κ3) is 4.33. The zero-order chi connectivity index (χ0) is 25.6. The molecule has 0 saturated carbocycles. The van der Waals surface area contributed by atoms with Gasteiger partial charge in [0.05, 0.1) is 17.4 Å². The number of fused-ring (bicyclic) bond motifs is 1. The van der Waals surface area contributed by atoms with Gasteiger partial charge in [-0.05, 0) is 51.3 Å². The number of rotatable bonds is 6. The second kappa shape index (κ2) is 8.57. The number of imide groups is 1. The van der Waals surface area contributed by atoms with Crippen molar-refractivity contribution in [3.63, 3.8) is 0 Å². The molecule has 9 nitrogen and oxygen atoms in total. The van der Waals surface area contributed by atoms with Gasteiger partial charge >= 0.3 is 18.2 Å². The smallest absolute Gasteiger partial charge is 0.416 e. The molecule has 0 radical (unpaired) electrons. The van der Waals surface area contributed by atoms with Gasteiger partial charge in [-0.25, -0.2) is 4.79 Å². The number of alkyl halides is 3. The maximum Gasteiger partial charge on any atom is 0.416 e. The van der Waals surface area contributed by atoms with Crippen LogP contribution in [-0.2, 0) is 20.6 Å². The van der Waals surface area contributed by atoms with E-state index in [1.165, 1.54) is 12.1 Å². The third-order valence-electron chi connectivity index (χ3n) is 6.33. The van der Waals surface area contributed by atoms with Crippen LogP contribution in [0.1, 0.15) is 50.8 Å². The predicted octanol–water partition coefficient (Wildman–Crippen LogP) is 2.02. The van der Waals surface area contributed by atoms with Crippen molar-refractivity contribution in [3.05, 3.63) is 35.4 Å². The Hall–Kier alpha value is -3.15. The average Bonchev–Trinajstić information content (AvgIpc) is 3.19. The van der Waals surface area contributed by atoms with E-state index in [0.717, 1.165) is 17.0 Å². The largest absolute Gasteiger partial charge is 0.480 e. The summed E-state index contributed by atoms with van der Waals surface area (Å²) in [7, 11) is 0. The Balaban J connectivity index is 2.10. The zero-order valence-electron chi connectivity index (χ0n) is 18.9. The molecule has 5 N–H and O–H groups in total. The molecule has 2 saturated heterocycles. The van der Waals surface area contributed by atoms with Gasteiger partial charge in [-0.3, -0.25) is 24.6 Å². The molecule has 0 aromatic heterocycles. The van der Waals surface area contributed by atoms with Gasteiger partial charge in [0.2, 0.25) is 11.8 Å². The number of amides is 4. The lowest BCUT2D eigenvalue weighted by Gasteiger charge is -2.35. The van der Waals surface area contributed by atoms with E-state index >= 15 is 0 Å². The molecular formula is C22H27F3N4O5. The molecule has 0 aliphatic carbocycles. The number of urea groups is 1. The Bertz CT molecular complexity index is 1020. The number of primary amides is 1. The Morgan fingerprint density at radius 1 is 1.21 bits per heavy atom. The molecule has 4 atom stereocenters. The minimum Gasteiger partial charge on any atom is -0.480 e. The van der Waals surface area contributed by atoms with Crippen molar-refractivity contribution in [1.29, 1.82) is 0 Å². The van der Waals surface area contributed by atoms with Gasteiger partial charge in [-0.15, -0.1) is 0 Å². The van der Waals surface area contributed by atoms with Crippen molar-refractivity contribution in [2.75, 3.05) is 6.54 Å². The van der Waals surface area contributed by atoms with Crippen LogP contribution < -0.4 is 16.4 Å².